The smallest absolute Gasteiger partial charge is 0.238 e. The third-order valence-corrected chi connectivity index (χ3v) is 8.56. The first-order valence-electron chi connectivity index (χ1n) is 14.1. The Bertz CT molecular complexity index is 2070. The van der Waals surface area contributed by atoms with Crippen molar-refractivity contribution in [3.05, 3.63) is 132 Å². The maximum Gasteiger partial charge on any atom is 0.238 e. The van der Waals surface area contributed by atoms with Gasteiger partial charge >= 0.3 is 0 Å². The summed E-state index contributed by atoms with van der Waals surface area (Å²) in [5.74, 6) is 1.93. The van der Waals surface area contributed by atoms with E-state index in [1.54, 1.807) is 0 Å². The minimum absolute atomic E-state index is 0.116. The number of aromatic nitrogens is 4. The normalized spacial score (nSPS) is 13.4. The van der Waals surface area contributed by atoms with Crippen molar-refractivity contribution in [1.82, 2.24) is 19.5 Å². The summed E-state index contributed by atoms with van der Waals surface area (Å²) >= 11 is 0. The van der Waals surface area contributed by atoms with E-state index in [0.29, 0.717) is 17.6 Å². The summed E-state index contributed by atoms with van der Waals surface area (Å²) in [6, 6.07) is 40.3. The third kappa shape index (κ3) is 3.50. The monoisotopic (exact) mass is 528 g/mol. The van der Waals surface area contributed by atoms with Gasteiger partial charge in [0.05, 0.1) is 11.0 Å². The van der Waals surface area contributed by atoms with Crippen LogP contribution in [0, 0.1) is 6.92 Å². The van der Waals surface area contributed by atoms with Gasteiger partial charge in [0, 0.05) is 27.3 Å². The summed E-state index contributed by atoms with van der Waals surface area (Å²) in [5, 5.41) is 2.39. The number of benzene rings is 5. The van der Waals surface area contributed by atoms with Crippen molar-refractivity contribution in [3.8, 4) is 39.9 Å². The second-order valence-electron chi connectivity index (χ2n) is 11.4. The highest BCUT2D eigenvalue weighted by atomic mass is 15.2. The third-order valence-electron chi connectivity index (χ3n) is 8.56. The molecule has 0 N–H and O–H groups in total. The average molecular weight is 529 g/mol. The van der Waals surface area contributed by atoms with Crippen molar-refractivity contribution in [1.29, 1.82) is 0 Å². The Morgan fingerprint density at radius 3 is 1.88 bits per heavy atom. The molecular weight excluding hydrogens is 500 g/mol. The number of hydrogen-bond acceptors (Lipinski definition) is 3. The fraction of sp³-hybridized carbons (Fsp3) is 0.108. The fourth-order valence-corrected chi connectivity index (χ4v) is 6.72. The molecule has 0 spiro atoms. The van der Waals surface area contributed by atoms with Crippen molar-refractivity contribution in [3.63, 3.8) is 0 Å². The Labute approximate surface area is 239 Å². The zero-order valence-corrected chi connectivity index (χ0v) is 23.3. The molecule has 0 saturated heterocycles. The Balaban J connectivity index is 1.46. The molecule has 8 rings (SSSR count). The maximum absolute atomic E-state index is 5.10. The second-order valence-corrected chi connectivity index (χ2v) is 11.4. The number of nitrogens with zero attached hydrogens (tertiary/aromatic N) is 4. The number of aryl methyl sites for hydroxylation is 1. The lowest BCUT2D eigenvalue weighted by Crippen LogP contribution is -2.16. The zero-order chi connectivity index (χ0) is 27.7. The van der Waals surface area contributed by atoms with E-state index in [9.17, 15) is 0 Å². The summed E-state index contributed by atoms with van der Waals surface area (Å²) in [6.45, 7) is 6.91. The largest absolute Gasteiger partial charge is 0.278 e. The number of para-hydroxylation sites is 1. The van der Waals surface area contributed by atoms with Crippen molar-refractivity contribution < 1.29 is 0 Å². The van der Waals surface area contributed by atoms with E-state index in [0.717, 1.165) is 22.2 Å². The summed E-state index contributed by atoms with van der Waals surface area (Å²) in [5.41, 5.74) is 10.7. The Morgan fingerprint density at radius 1 is 0.561 bits per heavy atom. The van der Waals surface area contributed by atoms with E-state index in [2.05, 4.69) is 104 Å². The van der Waals surface area contributed by atoms with E-state index < -0.39 is 0 Å². The van der Waals surface area contributed by atoms with E-state index in [1.165, 1.54) is 38.6 Å². The first-order chi connectivity index (χ1) is 20.0. The van der Waals surface area contributed by atoms with Crippen LogP contribution in [0.15, 0.2) is 115 Å². The van der Waals surface area contributed by atoms with Crippen molar-refractivity contribution in [2.75, 3.05) is 0 Å². The molecule has 2 aromatic heterocycles. The van der Waals surface area contributed by atoms with Crippen LogP contribution >= 0.6 is 0 Å². The summed E-state index contributed by atoms with van der Waals surface area (Å²) in [7, 11) is 0. The predicted molar refractivity (Wildman–Crippen MR) is 167 cm³/mol. The van der Waals surface area contributed by atoms with Crippen molar-refractivity contribution in [2.45, 2.75) is 26.2 Å². The molecule has 0 aliphatic heterocycles. The molecule has 0 radical (unpaired) electrons. The van der Waals surface area contributed by atoms with Crippen LogP contribution in [-0.2, 0) is 5.41 Å². The highest BCUT2D eigenvalue weighted by Crippen LogP contribution is 2.52. The summed E-state index contributed by atoms with van der Waals surface area (Å²) in [4.78, 5) is 15.1. The van der Waals surface area contributed by atoms with E-state index >= 15 is 0 Å². The molecule has 0 saturated carbocycles. The molecule has 0 bridgehead atoms. The summed E-state index contributed by atoms with van der Waals surface area (Å²) in [6.07, 6.45) is 0. The van der Waals surface area contributed by atoms with E-state index in [1.807, 2.05) is 36.4 Å². The van der Waals surface area contributed by atoms with Crippen LogP contribution in [0.2, 0.25) is 0 Å². The van der Waals surface area contributed by atoms with Gasteiger partial charge in [-0.25, -0.2) is 4.98 Å². The van der Waals surface area contributed by atoms with Gasteiger partial charge in [0.1, 0.15) is 0 Å². The molecule has 0 unspecified atom stereocenters. The van der Waals surface area contributed by atoms with Crippen LogP contribution in [-0.4, -0.2) is 19.5 Å². The number of rotatable bonds is 3. The molecule has 0 atom stereocenters. The molecule has 0 amide bonds. The van der Waals surface area contributed by atoms with Crippen LogP contribution in [0.25, 0.3) is 61.7 Å². The van der Waals surface area contributed by atoms with Crippen LogP contribution < -0.4 is 0 Å². The zero-order valence-electron chi connectivity index (χ0n) is 23.3. The fourth-order valence-electron chi connectivity index (χ4n) is 6.72. The maximum atomic E-state index is 5.10. The van der Waals surface area contributed by atoms with Gasteiger partial charge in [-0.3, -0.25) is 4.57 Å². The van der Waals surface area contributed by atoms with Gasteiger partial charge in [0.15, 0.2) is 11.6 Å². The predicted octanol–water partition coefficient (Wildman–Crippen LogP) is 8.92. The minimum atomic E-state index is -0.116. The molecule has 2 heterocycles. The molecule has 1 aliphatic carbocycles. The van der Waals surface area contributed by atoms with Gasteiger partial charge in [-0.2, -0.15) is 9.97 Å². The van der Waals surface area contributed by atoms with Crippen LogP contribution in [0.3, 0.4) is 0 Å². The first kappa shape index (κ1) is 23.8. The summed E-state index contributed by atoms with van der Waals surface area (Å²) < 4.78 is 2.22. The van der Waals surface area contributed by atoms with Crippen LogP contribution in [0.1, 0.15) is 30.5 Å². The van der Waals surface area contributed by atoms with Gasteiger partial charge in [-0.05, 0) is 52.9 Å². The molecule has 4 heteroatoms. The highest BCUT2D eigenvalue weighted by Gasteiger charge is 2.37. The molecule has 0 fully saturated rings. The van der Waals surface area contributed by atoms with Crippen molar-refractivity contribution in [2.24, 2.45) is 0 Å². The lowest BCUT2D eigenvalue weighted by molar-refractivity contribution is 0.656. The molecule has 196 valence electrons. The Morgan fingerprint density at radius 2 is 1.20 bits per heavy atom. The van der Waals surface area contributed by atoms with Gasteiger partial charge in [-0.1, -0.05) is 111 Å². The molecule has 5 aromatic carbocycles. The van der Waals surface area contributed by atoms with E-state index in [-0.39, 0.29) is 5.41 Å². The molecular formula is C37H28N4. The molecule has 1 aliphatic rings. The molecule has 41 heavy (non-hydrogen) atoms. The van der Waals surface area contributed by atoms with Gasteiger partial charge in [0.25, 0.3) is 0 Å². The topological polar surface area (TPSA) is 43.6 Å². The van der Waals surface area contributed by atoms with Crippen LogP contribution in [0.5, 0.6) is 0 Å². The number of hydrogen-bond donors (Lipinski definition) is 0. The Kier molecular flexibility index (Phi) is 5.05. The minimum Gasteiger partial charge on any atom is -0.278 e. The van der Waals surface area contributed by atoms with E-state index in [4.69, 9.17) is 15.0 Å². The first-order valence-corrected chi connectivity index (χ1v) is 14.1. The van der Waals surface area contributed by atoms with Gasteiger partial charge in [0.2, 0.25) is 5.95 Å². The Hall–Kier alpha value is -5.09. The average Bonchev–Trinajstić information content (AvgIpc) is 3.46. The van der Waals surface area contributed by atoms with Gasteiger partial charge in [-0.15, -0.1) is 0 Å². The lowest BCUT2D eigenvalue weighted by atomic mass is 9.80. The SMILES string of the molecule is Cc1cccc2c1C(C)(C)c1cc3c(cc1-2)c1ccccc1n3-c1nc(-c2ccccc2)nc(-c2ccccc2)n1. The molecule has 4 nitrogen and oxygen atoms in total. The standard InChI is InChI=1S/C37H28N4/c1-23-13-12-19-27-28-21-29-26-18-10-11-20-31(26)41(32(29)22-30(28)37(2,3)33(23)27)36-39-34(24-14-6-4-7-15-24)38-35(40-36)25-16-8-5-9-17-25/h4-22H,1-3H3. The molecule has 7 aromatic rings. The lowest BCUT2D eigenvalue weighted by Gasteiger charge is -2.23. The van der Waals surface area contributed by atoms with Crippen molar-refractivity contribution >= 4 is 21.8 Å². The number of fused-ring (bicyclic) bond motifs is 6. The highest BCUT2D eigenvalue weighted by molar-refractivity contribution is 6.11. The van der Waals surface area contributed by atoms with Gasteiger partial charge < -0.3 is 0 Å². The second kappa shape index (κ2) is 8.70. The quantitative estimate of drug-likeness (QED) is 0.230. The van der Waals surface area contributed by atoms with Crippen LogP contribution in [0.4, 0.5) is 0 Å².